The Morgan fingerprint density at radius 2 is 1.76 bits per heavy atom. The molecule has 2 aliphatic rings. The Balaban J connectivity index is 1.28. The molecule has 210 valence electrons. The molecule has 41 heavy (non-hydrogen) atoms. The Bertz CT molecular complexity index is 1620. The summed E-state index contributed by atoms with van der Waals surface area (Å²) in [5.41, 5.74) is 3.02. The van der Waals surface area contributed by atoms with Gasteiger partial charge in [-0.05, 0) is 69.5 Å². The average molecular weight is 570 g/mol. The van der Waals surface area contributed by atoms with Gasteiger partial charge in [0.25, 0.3) is 5.91 Å². The number of hydrogen-bond acceptors (Lipinski definition) is 9. The van der Waals surface area contributed by atoms with Crippen molar-refractivity contribution in [3.05, 3.63) is 77.0 Å². The number of thiazole rings is 1. The van der Waals surface area contributed by atoms with Crippen LogP contribution >= 0.6 is 11.3 Å². The molecule has 0 saturated carbocycles. The first-order valence-electron chi connectivity index (χ1n) is 13.5. The van der Waals surface area contributed by atoms with E-state index in [0.717, 1.165) is 27.8 Å². The van der Waals surface area contributed by atoms with Crippen molar-refractivity contribution in [3.8, 4) is 0 Å². The van der Waals surface area contributed by atoms with Crippen molar-refractivity contribution in [2.75, 3.05) is 23.9 Å². The van der Waals surface area contributed by atoms with Gasteiger partial charge in [-0.3, -0.25) is 10.1 Å². The number of fused-ring (bicyclic) bond motifs is 2. The monoisotopic (exact) mass is 570 g/mol. The number of anilines is 2. The molecule has 1 fully saturated rings. The van der Waals surface area contributed by atoms with Crippen LogP contribution in [-0.2, 0) is 27.0 Å². The highest BCUT2D eigenvalue weighted by atomic mass is 32.1. The fraction of sp³-hybridized carbons (Fsp3) is 0.333. The molecule has 0 unspecified atom stereocenters. The summed E-state index contributed by atoms with van der Waals surface area (Å²) in [5.74, 6) is -0.162. The van der Waals surface area contributed by atoms with Crippen LogP contribution in [0.2, 0.25) is 0 Å². The highest BCUT2D eigenvalue weighted by Crippen LogP contribution is 2.37. The van der Waals surface area contributed by atoms with Crippen molar-refractivity contribution < 1.29 is 23.6 Å². The summed E-state index contributed by atoms with van der Waals surface area (Å²) in [7, 11) is 0.577. The molecule has 9 nitrogen and oxygen atoms in total. The van der Waals surface area contributed by atoms with E-state index in [0.29, 0.717) is 35.1 Å². The summed E-state index contributed by atoms with van der Waals surface area (Å²) in [4.78, 5) is 37.6. The Kier molecular flexibility index (Phi) is 6.84. The van der Waals surface area contributed by atoms with E-state index >= 15 is 0 Å². The van der Waals surface area contributed by atoms with E-state index in [1.807, 2.05) is 76.2 Å². The first-order chi connectivity index (χ1) is 19.6. The maximum Gasteiger partial charge on any atom is 0.497 e. The zero-order valence-electron chi connectivity index (χ0n) is 23.7. The van der Waals surface area contributed by atoms with Crippen LogP contribution in [0.25, 0.3) is 10.2 Å². The van der Waals surface area contributed by atoms with Gasteiger partial charge in [0.05, 0.1) is 28.5 Å². The topological polar surface area (TPSA) is 103 Å². The number of esters is 1. The third-order valence-electron chi connectivity index (χ3n) is 8.15. The standard InChI is InChI=1S/C30H31BN4O5S/c1-29(2)30(3,4)40-31(39-29)21-13-14-24(33-25(21)27(37)38-5)35-16-15-18-9-8-10-19(20(18)17-35)26(36)34-28-32-22-11-6-7-12-23(22)41-28/h6-14H,15-17H2,1-5H3,(H,32,34,36). The van der Waals surface area contributed by atoms with Gasteiger partial charge in [0.2, 0.25) is 0 Å². The van der Waals surface area contributed by atoms with Gasteiger partial charge in [-0.25, -0.2) is 14.8 Å². The van der Waals surface area contributed by atoms with Crippen molar-refractivity contribution in [2.24, 2.45) is 0 Å². The van der Waals surface area contributed by atoms with E-state index in [-0.39, 0.29) is 11.6 Å². The van der Waals surface area contributed by atoms with Gasteiger partial charge >= 0.3 is 13.1 Å². The average Bonchev–Trinajstić information content (AvgIpc) is 3.46. The minimum atomic E-state index is -0.754. The van der Waals surface area contributed by atoms with Crippen molar-refractivity contribution in [3.63, 3.8) is 0 Å². The number of para-hydroxylation sites is 1. The molecule has 1 saturated heterocycles. The molecule has 1 amide bonds. The normalized spacial score (nSPS) is 17.4. The van der Waals surface area contributed by atoms with Gasteiger partial charge in [0.15, 0.2) is 10.8 Å². The van der Waals surface area contributed by atoms with Crippen LogP contribution in [0.3, 0.4) is 0 Å². The lowest BCUT2D eigenvalue weighted by atomic mass is 9.77. The molecular formula is C30H31BN4O5S. The van der Waals surface area contributed by atoms with Gasteiger partial charge in [-0.15, -0.1) is 0 Å². The van der Waals surface area contributed by atoms with Crippen LogP contribution in [0.1, 0.15) is 59.7 Å². The second-order valence-corrected chi connectivity index (χ2v) is 12.3. The molecule has 1 N–H and O–H groups in total. The number of methoxy groups -OCH3 is 1. The van der Waals surface area contributed by atoms with E-state index in [9.17, 15) is 9.59 Å². The van der Waals surface area contributed by atoms with Crippen LogP contribution < -0.4 is 15.7 Å². The summed E-state index contributed by atoms with van der Waals surface area (Å²) in [6.45, 7) is 8.98. The molecule has 4 heterocycles. The SMILES string of the molecule is COC(=O)c1nc(N2CCc3cccc(C(=O)Nc4nc5ccccc5s4)c3C2)ccc1B1OC(C)(C)C(C)(C)O1. The fourth-order valence-electron chi connectivity index (χ4n) is 5.14. The lowest BCUT2D eigenvalue weighted by Gasteiger charge is -2.32. The Morgan fingerprint density at radius 3 is 2.49 bits per heavy atom. The maximum absolute atomic E-state index is 13.4. The molecule has 0 radical (unpaired) electrons. The van der Waals surface area contributed by atoms with E-state index in [4.69, 9.17) is 19.0 Å². The van der Waals surface area contributed by atoms with Crippen LogP contribution in [0, 0.1) is 0 Å². The van der Waals surface area contributed by atoms with Gasteiger partial charge in [-0.1, -0.05) is 41.7 Å². The van der Waals surface area contributed by atoms with Gasteiger partial charge in [-0.2, -0.15) is 0 Å². The highest BCUT2D eigenvalue weighted by Gasteiger charge is 2.53. The molecule has 4 aromatic rings. The van der Waals surface area contributed by atoms with E-state index in [1.165, 1.54) is 18.4 Å². The smallest absolute Gasteiger partial charge is 0.464 e. The highest BCUT2D eigenvalue weighted by molar-refractivity contribution is 7.22. The van der Waals surface area contributed by atoms with Crippen molar-refractivity contribution in [1.29, 1.82) is 0 Å². The van der Waals surface area contributed by atoms with Crippen molar-refractivity contribution in [1.82, 2.24) is 9.97 Å². The van der Waals surface area contributed by atoms with Crippen LogP contribution in [0.4, 0.5) is 10.9 Å². The number of nitrogens with one attached hydrogen (secondary N) is 1. The van der Waals surface area contributed by atoms with Crippen molar-refractivity contribution in [2.45, 2.75) is 51.9 Å². The van der Waals surface area contributed by atoms with Crippen LogP contribution in [0.5, 0.6) is 0 Å². The molecule has 0 aliphatic carbocycles. The molecule has 0 spiro atoms. The number of nitrogens with zero attached hydrogens (tertiary/aromatic N) is 3. The first-order valence-corrected chi connectivity index (χ1v) is 14.4. The number of rotatable bonds is 5. The lowest BCUT2D eigenvalue weighted by molar-refractivity contribution is 0.00578. The summed E-state index contributed by atoms with van der Waals surface area (Å²) in [6.07, 6.45) is 0.728. The molecule has 2 aliphatic heterocycles. The predicted octanol–water partition coefficient (Wildman–Crippen LogP) is 4.59. The number of carbonyl (C=O) groups is 2. The molecule has 11 heteroatoms. The molecular weight excluding hydrogens is 539 g/mol. The van der Waals surface area contributed by atoms with Crippen molar-refractivity contribution >= 4 is 57.0 Å². The minimum absolute atomic E-state index is 0.149. The zero-order chi connectivity index (χ0) is 28.9. The number of amides is 1. The van der Waals surface area contributed by atoms with Crippen LogP contribution in [0.15, 0.2) is 54.6 Å². The van der Waals surface area contributed by atoms with Crippen LogP contribution in [-0.4, -0.2) is 53.8 Å². The lowest BCUT2D eigenvalue weighted by Crippen LogP contribution is -2.41. The Labute approximate surface area is 243 Å². The second-order valence-electron chi connectivity index (χ2n) is 11.2. The number of carbonyl (C=O) groups excluding carboxylic acids is 2. The summed E-state index contributed by atoms with van der Waals surface area (Å²) in [5, 5.41) is 3.54. The molecule has 2 aromatic heterocycles. The Hall–Kier alpha value is -3.80. The van der Waals surface area contributed by atoms with Gasteiger partial charge < -0.3 is 18.9 Å². The first kappa shape index (κ1) is 27.4. The number of aromatic nitrogens is 2. The number of ether oxygens (including phenoxy) is 1. The summed E-state index contributed by atoms with van der Waals surface area (Å²) >= 11 is 1.45. The fourth-order valence-corrected chi connectivity index (χ4v) is 6.00. The largest absolute Gasteiger partial charge is 0.497 e. The number of hydrogen-bond donors (Lipinski definition) is 1. The molecule has 2 aromatic carbocycles. The maximum atomic E-state index is 13.4. The second kappa shape index (κ2) is 10.2. The zero-order valence-corrected chi connectivity index (χ0v) is 24.5. The van der Waals surface area contributed by atoms with E-state index in [1.54, 1.807) is 0 Å². The minimum Gasteiger partial charge on any atom is -0.464 e. The molecule has 6 rings (SSSR count). The third kappa shape index (κ3) is 4.98. The van der Waals surface area contributed by atoms with Gasteiger partial charge in [0.1, 0.15) is 5.82 Å². The van der Waals surface area contributed by atoms with E-state index < -0.39 is 24.3 Å². The third-order valence-corrected chi connectivity index (χ3v) is 9.11. The van der Waals surface area contributed by atoms with Gasteiger partial charge in [0, 0.05) is 24.1 Å². The predicted molar refractivity (Wildman–Crippen MR) is 160 cm³/mol. The molecule has 0 bridgehead atoms. The Morgan fingerprint density at radius 1 is 1.00 bits per heavy atom. The number of benzene rings is 2. The quantitative estimate of drug-likeness (QED) is 0.275. The number of pyridine rings is 1. The molecule has 0 atom stereocenters. The summed E-state index contributed by atoms with van der Waals surface area (Å²) < 4.78 is 18.5. The summed E-state index contributed by atoms with van der Waals surface area (Å²) in [6, 6.07) is 17.3. The van der Waals surface area contributed by atoms with E-state index in [2.05, 4.69) is 21.3 Å².